The maximum Gasteiger partial charge on any atom is 0.265 e. The summed E-state index contributed by atoms with van der Waals surface area (Å²) in [7, 11) is 1.46. The Kier molecular flexibility index (Phi) is 11.1. The van der Waals surface area contributed by atoms with Gasteiger partial charge < -0.3 is 39.2 Å². The molecule has 52 heavy (non-hydrogen) atoms. The lowest BCUT2D eigenvalue weighted by Gasteiger charge is -2.34. The summed E-state index contributed by atoms with van der Waals surface area (Å²) in [6.07, 6.45) is -1.19. The summed E-state index contributed by atoms with van der Waals surface area (Å²) >= 11 is 0. The lowest BCUT2D eigenvalue weighted by Crippen LogP contribution is -2.57. The van der Waals surface area contributed by atoms with Gasteiger partial charge in [0.25, 0.3) is 23.6 Å². The number of carbonyl (C=O) groups excluding carboxylic acids is 4. The van der Waals surface area contributed by atoms with Crippen LogP contribution >= 0.6 is 0 Å². The Hall–Kier alpha value is -5.76. The molecule has 0 saturated carbocycles. The van der Waals surface area contributed by atoms with E-state index in [0.29, 0.717) is 43.4 Å². The molecule has 3 heterocycles. The monoisotopic (exact) mass is 710 g/mol. The van der Waals surface area contributed by atoms with Crippen LogP contribution < -0.4 is 20.1 Å². The molecule has 1 saturated heterocycles. The second-order valence-corrected chi connectivity index (χ2v) is 13.0. The van der Waals surface area contributed by atoms with Crippen LogP contribution in [0.15, 0.2) is 77.3 Å². The third-order valence-corrected chi connectivity index (χ3v) is 9.09. The number of ether oxygens (including phenoxy) is 3. The molecule has 0 unspecified atom stereocenters. The lowest BCUT2D eigenvalue weighted by molar-refractivity contribution is -0.144. The number of rotatable bonds is 6. The Labute approximate surface area is 301 Å². The normalized spacial score (nSPS) is 20.0. The van der Waals surface area contributed by atoms with Crippen molar-refractivity contribution in [3.63, 3.8) is 0 Å². The van der Waals surface area contributed by atoms with Crippen LogP contribution in [0.25, 0.3) is 22.8 Å². The van der Waals surface area contributed by atoms with Gasteiger partial charge >= 0.3 is 0 Å². The van der Waals surface area contributed by atoms with E-state index in [1.807, 2.05) is 44.2 Å². The maximum atomic E-state index is 14.5. The molecule has 272 valence electrons. The molecule has 14 nitrogen and oxygen atoms in total. The molecule has 3 aromatic carbocycles. The van der Waals surface area contributed by atoms with Gasteiger partial charge in [0.05, 0.1) is 44.0 Å². The highest BCUT2D eigenvalue weighted by atomic mass is 16.5. The standard InChI is InChI=1S/C38H42N6O8/c1-23(2)29-21-44(37(47)28-13-9-8-12-27(28)36-41-34(42-52-36)25-10-6-5-7-11-25)22-32(45)39-24(3)33(38(48)43-16-18-50-19-17-43)51-31-20-26(35(46)40-29)14-15-30(31)49-4/h5-15,20,23-24,29,33H,16-19,21-22H2,1-4H3,(H,39,45)(H,40,46)/t24-,29+,33+/m0/s1. The van der Waals surface area contributed by atoms with Crippen LogP contribution in [0.2, 0.25) is 0 Å². The molecule has 0 aliphatic carbocycles. The van der Waals surface area contributed by atoms with Gasteiger partial charge in [-0.1, -0.05) is 61.5 Å². The van der Waals surface area contributed by atoms with Crippen LogP contribution in [0.1, 0.15) is 41.5 Å². The predicted octanol–water partition coefficient (Wildman–Crippen LogP) is 3.43. The number of nitrogens with zero attached hydrogens (tertiary/aromatic N) is 4. The molecular weight excluding hydrogens is 668 g/mol. The minimum absolute atomic E-state index is 0.00682. The average Bonchev–Trinajstić information content (AvgIpc) is 3.66. The van der Waals surface area contributed by atoms with Crippen molar-refractivity contribution in [2.24, 2.45) is 5.92 Å². The SMILES string of the molecule is COc1ccc2cc1O[C@@H](C(=O)N1CCOCC1)[C@H](C)NC(=O)CN(C(=O)c1ccccc1-c1nc(-c3ccccc3)no1)C[C@H](C(C)C)NC2=O. The zero-order valence-electron chi connectivity index (χ0n) is 29.5. The van der Waals surface area contributed by atoms with E-state index in [2.05, 4.69) is 20.8 Å². The van der Waals surface area contributed by atoms with Gasteiger partial charge in [0.15, 0.2) is 17.6 Å². The van der Waals surface area contributed by atoms with Crippen LogP contribution in [0.3, 0.4) is 0 Å². The first kappa shape index (κ1) is 36.0. The number of morpholine rings is 1. The first-order valence-electron chi connectivity index (χ1n) is 17.2. The fraction of sp³-hybridized carbons (Fsp3) is 0.368. The average molecular weight is 711 g/mol. The van der Waals surface area contributed by atoms with Crippen molar-refractivity contribution in [1.29, 1.82) is 0 Å². The van der Waals surface area contributed by atoms with Gasteiger partial charge in [-0.3, -0.25) is 19.2 Å². The van der Waals surface area contributed by atoms with E-state index in [4.69, 9.17) is 18.7 Å². The number of amides is 4. The molecule has 4 amide bonds. The molecule has 2 aliphatic heterocycles. The zero-order chi connectivity index (χ0) is 36.8. The highest BCUT2D eigenvalue weighted by Gasteiger charge is 2.36. The minimum atomic E-state index is -1.19. The second kappa shape index (κ2) is 16.1. The maximum absolute atomic E-state index is 14.5. The van der Waals surface area contributed by atoms with Crippen molar-refractivity contribution < 1.29 is 37.9 Å². The van der Waals surface area contributed by atoms with E-state index in [9.17, 15) is 19.2 Å². The van der Waals surface area contributed by atoms with E-state index in [0.717, 1.165) is 5.56 Å². The van der Waals surface area contributed by atoms with Gasteiger partial charge in [-0.2, -0.15) is 4.98 Å². The summed E-state index contributed by atoms with van der Waals surface area (Å²) in [6.45, 7) is 6.54. The number of nitrogens with one attached hydrogen (secondary N) is 2. The fourth-order valence-electron chi connectivity index (χ4n) is 6.12. The van der Waals surface area contributed by atoms with Crippen LogP contribution in [0.4, 0.5) is 0 Å². The zero-order valence-corrected chi connectivity index (χ0v) is 29.5. The second-order valence-electron chi connectivity index (χ2n) is 13.0. The van der Waals surface area contributed by atoms with Gasteiger partial charge in [-0.15, -0.1) is 0 Å². The van der Waals surface area contributed by atoms with Crippen LogP contribution in [-0.2, 0) is 14.3 Å². The third kappa shape index (κ3) is 8.07. The number of benzene rings is 3. The van der Waals surface area contributed by atoms with Crippen molar-refractivity contribution in [2.45, 2.75) is 39.0 Å². The number of hydrogen-bond acceptors (Lipinski definition) is 10. The Bertz CT molecular complexity index is 1910. The summed E-state index contributed by atoms with van der Waals surface area (Å²) < 4.78 is 22.9. The predicted molar refractivity (Wildman–Crippen MR) is 190 cm³/mol. The molecule has 4 aromatic rings. The van der Waals surface area contributed by atoms with Crippen molar-refractivity contribution >= 4 is 23.6 Å². The molecule has 2 aliphatic rings. The third-order valence-electron chi connectivity index (χ3n) is 9.09. The first-order valence-corrected chi connectivity index (χ1v) is 17.2. The summed E-state index contributed by atoms with van der Waals surface area (Å²) in [5.41, 5.74) is 1.62. The summed E-state index contributed by atoms with van der Waals surface area (Å²) in [5.74, 6) is -0.976. The van der Waals surface area contributed by atoms with Gasteiger partial charge in [-0.05, 0) is 43.2 Å². The molecule has 2 bridgehead atoms. The Morgan fingerprint density at radius 2 is 1.65 bits per heavy atom. The molecule has 0 radical (unpaired) electrons. The van der Waals surface area contributed by atoms with Gasteiger partial charge in [0, 0.05) is 36.8 Å². The number of carbonyl (C=O) groups is 4. The Morgan fingerprint density at radius 3 is 2.38 bits per heavy atom. The van der Waals surface area contributed by atoms with Crippen molar-refractivity contribution in [1.82, 2.24) is 30.6 Å². The molecular formula is C38H42N6O8. The van der Waals surface area contributed by atoms with Crippen LogP contribution in [-0.4, -0.2) is 108 Å². The molecule has 1 fully saturated rings. The Balaban J connectivity index is 1.36. The fourth-order valence-corrected chi connectivity index (χ4v) is 6.12. The molecule has 14 heteroatoms. The smallest absolute Gasteiger partial charge is 0.265 e. The number of methoxy groups -OCH3 is 1. The number of fused-ring (bicyclic) bond motifs is 2. The van der Waals surface area contributed by atoms with Gasteiger partial charge in [0.2, 0.25) is 11.7 Å². The number of hydrogen-bond donors (Lipinski definition) is 2. The molecule has 0 spiro atoms. The van der Waals surface area contributed by atoms with Gasteiger partial charge in [-0.25, -0.2) is 0 Å². The molecule has 2 N–H and O–H groups in total. The Morgan fingerprint density at radius 1 is 0.923 bits per heavy atom. The molecule has 6 rings (SSSR count). The van der Waals surface area contributed by atoms with Crippen molar-refractivity contribution in [3.05, 3.63) is 83.9 Å². The molecule has 1 aromatic heterocycles. The lowest BCUT2D eigenvalue weighted by atomic mass is 10.0. The minimum Gasteiger partial charge on any atom is -0.493 e. The van der Waals surface area contributed by atoms with Gasteiger partial charge in [0.1, 0.15) is 0 Å². The van der Waals surface area contributed by atoms with Crippen LogP contribution in [0.5, 0.6) is 11.5 Å². The number of aromatic nitrogens is 2. The van der Waals surface area contributed by atoms with Crippen LogP contribution in [0, 0.1) is 5.92 Å². The quantitative estimate of drug-likeness (QED) is 0.303. The van der Waals surface area contributed by atoms with E-state index < -0.39 is 35.9 Å². The van der Waals surface area contributed by atoms with E-state index in [1.165, 1.54) is 18.1 Å². The first-order chi connectivity index (χ1) is 25.1. The van der Waals surface area contributed by atoms with E-state index in [1.54, 1.807) is 48.2 Å². The highest BCUT2D eigenvalue weighted by molar-refractivity contribution is 6.02. The molecule has 3 atom stereocenters. The largest absolute Gasteiger partial charge is 0.493 e. The highest BCUT2D eigenvalue weighted by Crippen LogP contribution is 2.31. The summed E-state index contributed by atoms with van der Waals surface area (Å²) in [6, 6.07) is 19.4. The van der Waals surface area contributed by atoms with Crippen molar-refractivity contribution in [2.75, 3.05) is 46.5 Å². The van der Waals surface area contributed by atoms with E-state index >= 15 is 0 Å². The summed E-state index contributed by atoms with van der Waals surface area (Å²) in [5, 5.41) is 10.1. The van der Waals surface area contributed by atoms with Crippen molar-refractivity contribution in [3.8, 4) is 34.3 Å². The topological polar surface area (TPSA) is 165 Å². The van der Waals surface area contributed by atoms with E-state index in [-0.39, 0.29) is 47.7 Å². The summed E-state index contributed by atoms with van der Waals surface area (Å²) in [4.78, 5) is 63.6.